The van der Waals surface area contributed by atoms with Crippen LogP contribution < -0.4 is 5.32 Å². The van der Waals surface area contributed by atoms with Crippen LogP contribution in [-0.4, -0.2) is 16.8 Å². The first kappa shape index (κ1) is 13.1. The number of benzene rings is 1. The molecule has 0 saturated heterocycles. The minimum atomic E-state index is 0.771. The van der Waals surface area contributed by atoms with Crippen molar-refractivity contribution < 1.29 is 0 Å². The highest BCUT2D eigenvalue weighted by Gasteiger charge is 2.09. The van der Waals surface area contributed by atoms with Crippen molar-refractivity contribution in [2.75, 3.05) is 7.05 Å². The van der Waals surface area contributed by atoms with Crippen molar-refractivity contribution in [2.24, 2.45) is 0 Å². The van der Waals surface area contributed by atoms with Gasteiger partial charge in [-0.25, -0.2) is 0 Å². The summed E-state index contributed by atoms with van der Waals surface area (Å²) >= 11 is 6.17. The fourth-order valence-corrected chi connectivity index (χ4v) is 2.22. The lowest BCUT2D eigenvalue weighted by atomic mass is 10.0. The van der Waals surface area contributed by atoms with Crippen molar-refractivity contribution in [1.82, 2.24) is 15.1 Å². The zero-order chi connectivity index (χ0) is 13.1. The van der Waals surface area contributed by atoms with Gasteiger partial charge >= 0.3 is 0 Å². The van der Waals surface area contributed by atoms with E-state index in [-0.39, 0.29) is 0 Å². The molecule has 1 aromatic carbocycles. The Balaban J connectivity index is 2.43. The van der Waals surface area contributed by atoms with E-state index in [1.54, 1.807) is 0 Å². The van der Waals surface area contributed by atoms with Gasteiger partial charge in [-0.15, -0.1) is 0 Å². The molecule has 4 heteroatoms. The number of aromatic nitrogens is 2. The predicted octanol–water partition coefficient (Wildman–Crippen LogP) is 3.25. The van der Waals surface area contributed by atoms with Crippen LogP contribution >= 0.6 is 11.6 Å². The van der Waals surface area contributed by atoms with Gasteiger partial charge in [-0.05, 0) is 44.2 Å². The third-order valence-corrected chi connectivity index (χ3v) is 3.36. The zero-order valence-electron chi connectivity index (χ0n) is 11.0. The quantitative estimate of drug-likeness (QED) is 0.918. The molecule has 0 aliphatic rings. The van der Waals surface area contributed by atoms with Gasteiger partial charge in [0.2, 0.25) is 0 Å². The standard InChI is InChI=1S/C14H18ClN3/c1-4-18-9-13(10(2)17-18)11-5-6-14(15)12(7-11)8-16-3/h5-7,9,16H,4,8H2,1-3H3. The Morgan fingerprint density at radius 1 is 1.39 bits per heavy atom. The summed E-state index contributed by atoms with van der Waals surface area (Å²) in [7, 11) is 1.92. The topological polar surface area (TPSA) is 29.9 Å². The van der Waals surface area contributed by atoms with Crippen LogP contribution in [0.3, 0.4) is 0 Å². The van der Waals surface area contributed by atoms with Gasteiger partial charge in [0.15, 0.2) is 0 Å². The average Bonchev–Trinajstić information content (AvgIpc) is 2.74. The molecule has 0 atom stereocenters. The summed E-state index contributed by atoms with van der Waals surface area (Å²) in [5.41, 5.74) is 4.50. The Kier molecular flexibility index (Phi) is 4.04. The molecule has 0 saturated carbocycles. The summed E-state index contributed by atoms with van der Waals surface area (Å²) in [5, 5.41) is 8.40. The van der Waals surface area contributed by atoms with Gasteiger partial charge in [-0.3, -0.25) is 4.68 Å². The lowest BCUT2D eigenvalue weighted by molar-refractivity contribution is 0.653. The molecule has 0 unspecified atom stereocenters. The minimum Gasteiger partial charge on any atom is -0.316 e. The van der Waals surface area contributed by atoms with E-state index in [2.05, 4.69) is 29.6 Å². The normalized spacial score (nSPS) is 10.9. The molecule has 1 N–H and O–H groups in total. The second-order valence-electron chi connectivity index (χ2n) is 4.32. The van der Waals surface area contributed by atoms with Gasteiger partial charge in [0, 0.05) is 29.9 Å². The number of nitrogens with zero attached hydrogens (tertiary/aromatic N) is 2. The summed E-state index contributed by atoms with van der Waals surface area (Å²) in [6.45, 7) is 5.78. The molecular weight excluding hydrogens is 246 g/mol. The Morgan fingerprint density at radius 2 is 2.17 bits per heavy atom. The van der Waals surface area contributed by atoms with Crippen molar-refractivity contribution in [1.29, 1.82) is 0 Å². The van der Waals surface area contributed by atoms with E-state index in [0.717, 1.165) is 29.4 Å². The molecule has 2 rings (SSSR count). The summed E-state index contributed by atoms with van der Waals surface area (Å²) in [5.74, 6) is 0. The number of hydrogen-bond acceptors (Lipinski definition) is 2. The highest BCUT2D eigenvalue weighted by atomic mass is 35.5. The zero-order valence-corrected chi connectivity index (χ0v) is 11.8. The maximum atomic E-state index is 6.17. The molecule has 3 nitrogen and oxygen atoms in total. The number of nitrogens with one attached hydrogen (secondary N) is 1. The molecular formula is C14H18ClN3. The van der Waals surface area contributed by atoms with Crippen molar-refractivity contribution in [3.05, 3.63) is 40.7 Å². The molecule has 0 amide bonds. The van der Waals surface area contributed by atoms with E-state index in [1.807, 2.05) is 30.8 Å². The Labute approximate surface area is 113 Å². The molecule has 1 heterocycles. The highest BCUT2D eigenvalue weighted by Crippen LogP contribution is 2.27. The first-order chi connectivity index (χ1) is 8.65. The van der Waals surface area contributed by atoms with Crippen molar-refractivity contribution in [3.8, 4) is 11.1 Å². The average molecular weight is 264 g/mol. The minimum absolute atomic E-state index is 0.771. The molecule has 0 fully saturated rings. The van der Waals surface area contributed by atoms with Crippen molar-refractivity contribution in [3.63, 3.8) is 0 Å². The van der Waals surface area contributed by atoms with Crippen LogP contribution in [-0.2, 0) is 13.1 Å². The monoisotopic (exact) mass is 263 g/mol. The Bertz CT molecular complexity index is 546. The maximum absolute atomic E-state index is 6.17. The third kappa shape index (κ3) is 2.57. The maximum Gasteiger partial charge on any atom is 0.0672 e. The lowest BCUT2D eigenvalue weighted by Gasteiger charge is -2.06. The number of aryl methyl sites for hydroxylation is 2. The SMILES string of the molecule is CCn1cc(-c2ccc(Cl)c(CNC)c2)c(C)n1. The molecule has 2 aromatic rings. The van der Waals surface area contributed by atoms with Crippen molar-refractivity contribution >= 4 is 11.6 Å². The smallest absolute Gasteiger partial charge is 0.0672 e. The van der Waals surface area contributed by atoms with Crippen LogP contribution in [0.25, 0.3) is 11.1 Å². The van der Waals surface area contributed by atoms with E-state index in [4.69, 9.17) is 11.6 Å². The van der Waals surface area contributed by atoms with Gasteiger partial charge in [-0.1, -0.05) is 17.7 Å². The Hall–Kier alpha value is -1.32. The van der Waals surface area contributed by atoms with E-state index >= 15 is 0 Å². The molecule has 0 spiro atoms. The molecule has 0 aliphatic heterocycles. The molecule has 0 bridgehead atoms. The van der Waals surface area contributed by atoms with Gasteiger partial charge in [0.05, 0.1) is 5.69 Å². The van der Waals surface area contributed by atoms with Crippen LogP contribution in [0.5, 0.6) is 0 Å². The molecule has 1 aromatic heterocycles. The predicted molar refractivity (Wildman–Crippen MR) is 75.8 cm³/mol. The summed E-state index contributed by atoms with van der Waals surface area (Å²) in [6.07, 6.45) is 2.09. The Morgan fingerprint density at radius 3 is 2.78 bits per heavy atom. The molecule has 0 aliphatic carbocycles. The molecule has 0 radical (unpaired) electrons. The van der Waals surface area contributed by atoms with E-state index < -0.39 is 0 Å². The fourth-order valence-electron chi connectivity index (χ4n) is 2.03. The number of hydrogen-bond donors (Lipinski definition) is 1. The molecule has 18 heavy (non-hydrogen) atoms. The molecule has 96 valence electrons. The first-order valence-electron chi connectivity index (χ1n) is 6.13. The van der Waals surface area contributed by atoms with E-state index in [1.165, 1.54) is 11.1 Å². The third-order valence-electron chi connectivity index (χ3n) is 2.99. The van der Waals surface area contributed by atoms with E-state index in [9.17, 15) is 0 Å². The van der Waals surface area contributed by atoms with Crippen LogP contribution in [0.2, 0.25) is 5.02 Å². The largest absolute Gasteiger partial charge is 0.316 e. The number of halogens is 1. The van der Waals surface area contributed by atoms with Gasteiger partial charge < -0.3 is 5.32 Å². The first-order valence-corrected chi connectivity index (χ1v) is 6.51. The highest BCUT2D eigenvalue weighted by molar-refractivity contribution is 6.31. The van der Waals surface area contributed by atoms with Crippen LogP contribution in [0.4, 0.5) is 0 Å². The van der Waals surface area contributed by atoms with Gasteiger partial charge in [-0.2, -0.15) is 5.10 Å². The lowest BCUT2D eigenvalue weighted by Crippen LogP contribution is -2.05. The second-order valence-corrected chi connectivity index (χ2v) is 4.73. The van der Waals surface area contributed by atoms with Gasteiger partial charge in [0.1, 0.15) is 0 Å². The summed E-state index contributed by atoms with van der Waals surface area (Å²) in [4.78, 5) is 0. The number of rotatable bonds is 4. The van der Waals surface area contributed by atoms with Crippen LogP contribution in [0.15, 0.2) is 24.4 Å². The van der Waals surface area contributed by atoms with Crippen LogP contribution in [0.1, 0.15) is 18.2 Å². The van der Waals surface area contributed by atoms with Crippen LogP contribution in [0, 0.1) is 6.92 Å². The summed E-state index contributed by atoms with van der Waals surface area (Å²) in [6, 6.07) is 6.13. The van der Waals surface area contributed by atoms with E-state index in [0.29, 0.717) is 0 Å². The summed E-state index contributed by atoms with van der Waals surface area (Å²) < 4.78 is 1.96. The fraction of sp³-hybridized carbons (Fsp3) is 0.357. The second kappa shape index (κ2) is 5.55. The van der Waals surface area contributed by atoms with Crippen molar-refractivity contribution in [2.45, 2.75) is 26.9 Å². The van der Waals surface area contributed by atoms with Gasteiger partial charge in [0.25, 0.3) is 0 Å².